The Bertz CT molecular complexity index is 560. The first-order valence-corrected chi connectivity index (χ1v) is 8.26. The fourth-order valence-electron chi connectivity index (χ4n) is 2.11. The molecule has 1 aliphatic heterocycles. The molecule has 1 aliphatic rings. The molecule has 0 aliphatic carbocycles. The van der Waals surface area contributed by atoms with Crippen molar-refractivity contribution >= 4 is 15.8 Å². The number of nitrogens with zero attached hydrogens (tertiary/aromatic N) is 1. The first kappa shape index (κ1) is 14.1. The number of amides is 1. The molecule has 4 nitrogen and oxygen atoms in total. The third-order valence-electron chi connectivity index (χ3n) is 3.07. The summed E-state index contributed by atoms with van der Waals surface area (Å²) in [5, 5.41) is 0. The molecule has 5 heteroatoms. The number of aryl methyl sites for hydroxylation is 1. The third-order valence-corrected chi connectivity index (χ3v) is 4.94. The van der Waals surface area contributed by atoms with Crippen molar-refractivity contribution in [1.82, 2.24) is 4.72 Å². The van der Waals surface area contributed by atoms with Gasteiger partial charge in [0.15, 0.2) is 0 Å². The van der Waals surface area contributed by atoms with Gasteiger partial charge in [-0.1, -0.05) is 44.2 Å². The Balaban J connectivity index is 2.03. The average Bonchev–Trinajstić information content (AvgIpc) is 2.63. The van der Waals surface area contributed by atoms with Gasteiger partial charge in [0.25, 0.3) is 5.91 Å². The lowest BCUT2D eigenvalue weighted by molar-refractivity contribution is -0.120. The monoisotopic (exact) mass is 280 g/mol. The van der Waals surface area contributed by atoms with Crippen LogP contribution in [0.15, 0.2) is 34.7 Å². The summed E-state index contributed by atoms with van der Waals surface area (Å²) in [6, 6.07) is 9.39. The van der Waals surface area contributed by atoms with Gasteiger partial charge in [-0.05, 0) is 24.3 Å². The first-order valence-electron chi connectivity index (χ1n) is 6.58. The van der Waals surface area contributed by atoms with E-state index in [1.165, 1.54) is 0 Å². The minimum atomic E-state index is -2.57. The summed E-state index contributed by atoms with van der Waals surface area (Å²) in [6.45, 7) is 4.07. The van der Waals surface area contributed by atoms with Crippen molar-refractivity contribution in [3.05, 3.63) is 35.9 Å². The lowest BCUT2D eigenvalue weighted by atomic mass is 10.0. The second kappa shape index (κ2) is 5.74. The summed E-state index contributed by atoms with van der Waals surface area (Å²) >= 11 is 0. The van der Waals surface area contributed by atoms with E-state index in [0.29, 0.717) is 24.5 Å². The van der Waals surface area contributed by atoms with Gasteiger partial charge < -0.3 is 0 Å². The van der Waals surface area contributed by atoms with E-state index in [9.17, 15) is 9.00 Å². The minimum Gasteiger partial charge on any atom is -0.272 e. The summed E-state index contributed by atoms with van der Waals surface area (Å²) in [5.74, 6) is 0.569. The summed E-state index contributed by atoms with van der Waals surface area (Å²) in [5.41, 5.74) is 1.11. The normalized spacial score (nSPS) is 26.3. The zero-order chi connectivity index (χ0) is 13.9. The van der Waals surface area contributed by atoms with E-state index >= 15 is 0 Å². The molecule has 1 unspecified atom stereocenters. The number of hydrogen-bond acceptors (Lipinski definition) is 3. The van der Waals surface area contributed by atoms with Crippen LogP contribution >= 0.6 is 0 Å². The zero-order valence-corrected chi connectivity index (χ0v) is 12.2. The maximum absolute atomic E-state index is 12.5. The van der Waals surface area contributed by atoms with E-state index in [1.54, 1.807) is 0 Å². The van der Waals surface area contributed by atoms with Gasteiger partial charge in [-0.15, -0.1) is 0 Å². The Labute approximate surface area is 114 Å². The van der Waals surface area contributed by atoms with Crippen LogP contribution in [0.2, 0.25) is 0 Å². The molecule has 0 radical (unpaired) electrons. The van der Waals surface area contributed by atoms with Crippen LogP contribution in [0.5, 0.6) is 0 Å². The van der Waals surface area contributed by atoms with Crippen LogP contribution in [-0.2, 0) is 21.1 Å². The smallest absolute Gasteiger partial charge is 0.257 e. The molecule has 1 amide bonds. The summed E-state index contributed by atoms with van der Waals surface area (Å²) < 4.78 is 19.3. The standard InChI is InChI=1S/C14H20N2O2S/c1-11(2)10-13-14(17)16-19(18,15-13)9-8-12-6-4-3-5-7-12/h3-7,11,13H,8-10H2,1-2H3,(H,15,16,17,18)/t13-,19?/m0/s1. The predicted octanol–water partition coefficient (Wildman–Crippen LogP) is 2.16. The van der Waals surface area contributed by atoms with Crippen molar-refractivity contribution < 1.29 is 9.00 Å². The van der Waals surface area contributed by atoms with Gasteiger partial charge in [-0.25, -0.2) is 8.57 Å². The van der Waals surface area contributed by atoms with Gasteiger partial charge in [0.05, 0.1) is 5.75 Å². The van der Waals surface area contributed by atoms with Gasteiger partial charge in [0, 0.05) is 0 Å². The highest BCUT2D eigenvalue weighted by Crippen LogP contribution is 2.17. The zero-order valence-electron chi connectivity index (χ0n) is 11.3. The van der Waals surface area contributed by atoms with Crippen molar-refractivity contribution in [3.8, 4) is 0 Å². The fraction of sp³-hybridized carbons (Fsp3) is 0.500. The SMILES string of the molecule is CC(C)C[C@@H]1N=S(=O)(CCc2ccccc2)NC1=O. The van der Waals surface area contributed by atoms with Crippen molar-refractivity contribution in [2.45, 2.75) is 32.7 Å². The number of rotatable bonds is 5. The summed E-state index contributed by atoms with van der Waals surface area (Å²) in [6.07, 6.45) is 1.33. The Hall–Kier alpha value is -1.36. The Morgan fingerprint density at radius 3 is 2.63 bits per heavy atom. The molecule has 0 saturated heterocycles. The van der Waals surface area contributed by atoms with Crippen molar-refractivity contribution in [1.29, 1.82) is 0 Å². The van der Waals surface area contributed by atoms with Crippen LogP contribution in [0.25, 0.3) is 0 Å². The largest absolute Gasteiger partial charge is 0.272 e. The molecule has 0 bridgehead atoms. The molecule has 0 spiro atoms. The predicted molar refractivity (Wildman–Crippen MR) is 77.0 cm³/mol. The van der Waals surface area contributed by atoms with E-state index in [2.05, 4.69) is 9.08 Å². The molecule has 104 valence electrons. The second-order valence-electron chi connectivity index (χ2n) is 5.30. The third kappa shape index (κ3) is 3.80. The molecule has 19 heavy (non-hydrogen) atoms. The maximum Gasteiger partial charge on any atom is 0.257 e. The molecule has 0 aromatic heterocycles. The highest BCUT2D eigenvalue weighted by molar-refractivity contribution is 7.92. The highest BCUT2D eigenvalue weighted by atomic mass is 32.2. The highest BCUT2D eigenvalue weighted by Gasteiger charge is 2.30. The Morgan fingerprint density at radius 2 is 2.00 bits per heavy atom. The molecule has 2 atom stereocenters. The van der Waals surface area contributed by atoms with Gasteiger partial charge in [0.2, 0.25) is 0 Å². The van der Waals surface area contributed by atoms with Crippen LogP contribution in [-0.4, -0.2) is 21.9 Å². The maximum atomic E-state index is 12.5. The van der Waals surface area contributed by atoms with Crippen molar-refractivity contribution in [3.63, 3.8) is 0 Å². The van der Waals surface area contributed by atoms with E-state index in [4.69, 9.17) is 0 Å². The van der Waals surface area contributed by atoms with E-state index in [-0.39, 0.29) is 5.91 Å². The van der Waals surface area contributed by atoms with Crippen molar-refractivity contribution in [2.24, 2.45) is 10.3 Å². The van der Waals surface area contributed by atoms with E-state index in [1.807, 2.05) is 44.2 Å². The quantitative estimate of drug-likeness (QED) is 0.898. The lowest BCUT2D eigenvalue weighted by Gasteiger charge is -2.05. The summed E-state index contributed by atoms with van der Waals surface area (Å²) in [4.78, 5) is 11.8. The van der Waals surface area contributed by atoms with E-state index < -0.39 is 16.0 Å². The fourth-order valence-corrected chi connectivity index (χ4v) is 3.92. The van der Waals surface area contributed by atoms with Gasteiger partial charge in [-0.2, -0.15) is 0 Å². The molecule has 1 aromatic carbocycles. The van der Waals surface area contributed by atoms with Crippen molar-refractivity contribution in [2.75, 3.05) is 5.75 Å². The van der Waals surface area contributed by atoms with Crippen LogP contribution in [0.1, 0.15) is 25.8 Å². The number of benzene rings is 1. The first-order chi connectivity index (χ1) is 8.98. The van der Waals surface area contributed by atoms with Gasteiger partial charge >= 0.3 is 0 Å². The van der Waals surface area contributed by atoms with Gasteiger partial charge in [-0.3, -0.25) is 9.52 Å². The average molecular weight is 280 g/mol. The minimum absolute atomic E-state index is 0.188. The molecular formula is C14H20N2O2S. The molecule has 1 N–H and O–H groups in total. The number of nitrogens with one attached hydrogen (secondary N) is 1. The number of carbonyl (C=O) groups is 1. The van der Waals surface area contributed by atoms with Crippen LogP contribution in [0.3, 0.4) is 0 Å². The number of carbonyl (C=O) groups excluding carboxylic acids is 1. The Kier molecular flexibility index (Phi) is 4.24. The van der Waals surface area contributed by atoms with Crippen LogP contribution in [0, 0.1) is 5.92 Å². The van der Waals surface area contributed by atoms with Crippen LogP contribution < -0.4 is 4.72 Å². The molecule has 0 fully saturated rings. The Morgan fingerprint density at radius 1 is 1.32 bits per heavy atom. The second-order valence-corrected chi connectivity index (χ2v) is 7.40. The van der Waals surface area contributed by atoms with Gasteiger partial charge in [0.1, 0.15) is 16.0 Å². The molecule has 1 heterocycles. The molecule has 0 saturated carbocycles. The molecule has 2 rings (SSSR count). The lowest BCUT2D eigenvalue weighted by Crippen LogP contribution is -2.30. The number of hydrogen-bond donors (Lipinski definition) is 1. The topological polar surface area (TPSA) is 58.5 Å². The molecular weight excluding hydrogens is 260 g/mol. The molecule has 1 aromatic rings. The summed E-state index contributed by atoms with van der Waals surface area (Å²) in [7, 11) is -2.57. The van der Waals surface area contributed by atoms with E-state index in [0.717, 1.165) is 5.56 Å². The van der Waals surface area contributed by atoms with Crippen LogP contribution in [0.4, 0.5) is 0 Å².